The summed E-state index contributed by atoms with van der Waals surface area (Å²) < 4.78 is 28.1. The second-order valence-corrected chi connectivity index (χ2v) is 42.0. The van der Waals surface area contributed by atoms with Crippen LogP contribution in [0.4, 0.5) is 8.78 Å². The van der Waals surface area contributed by atoms with E-state index in [1.165, 1.54) is 0 Å². The van der Waals surface area contributed by atoms with Gasteiger partial charge in [0.05, 0.1) is 77.5 Å². The van der Waals surface area contributed by atoms with Crippen molar-refractivity contribution in [1.29, 1.82) is 21.0 Å². The van der Waals surface area contributed by atoms with Gasteiger partial charge in [0.2, 0.25) is 0 Å². The molecule has 27 heteroatoms. The van der Waals surface area contributed by atoms with Crippen LogP contribution < -0.4 is 22.9 Å². The molecule has 8 spiro atoms. The number of aliphatic hydroxyl groups excluding tert-OH is 4. The first kappa shape index (κ1) is 89.6. The molecule has 1 aromatic heterocycles. The number of nitrogens with two attached hydrogens (primary N) is 4. The minimum absolute atomic E-state index is 0.0116. The maximum atomic E-state index is 14.3. The number of fused-ring (bicyclic) bond motifs is 12. The SMILES string of the molecule is C[C@@H]1CC2(Cc3ccc(C#N)cc3[C@]23N=C(N)N(CC2CC(C)(F)C2)C3=O)C[C@H](C)C1O.C[C@@H]1CC2(Cc3ccc(C#N)cc3[C@]23N=C(N)N(CCc2ccncc2)C3=O)C[C@H](C)C1O.C[C@H]1C[C@@]2(CC[C@@H]1O)Cc1ccc(C#N)cc1[C@]21N=C(N)N(CC2CC(C)(F)C2)C1=O.Cc1cccc(CN2C(=O)[C@]3(N=C2N)c2cc(C#N)ccc2CC32C[C@@H](C)C(O)[C@@H](C)C2)c1. The van der Waals surface area contributed by atoms with Crippen LogP contribution in [0.2, 0.25) is 0 Å². The van der Waals surface area contributed by atoms with Gasteiger partial charge in [-0.2, -0.15) is 21.0 Å². The average Bonchev–Trinajstić information content (AvgIpc) is 1.53. The topological polar surface area (TPSA) is 424 Å². The summed E-state index contributed by atoms with van der Waals surface area (Å²) in [5, 5.41) is 80.6. The number of benzene rings is 5. The third kappa shape index (κ3) is 14.2. The van der Waals surface area contributed by atoms with E-state index in [-0.39, 0.29) is 101 Å². The molecule has 6 unspecified atom stereocenters. The van der Waals surface area contributed by atoms with E-state index < -0.39 is 79.6 Å². The molecular formula is C102H119F2N17O8. The van der Waals surface area contributed by atoms with Crippen LogP contribution in [-0.4, -0.2) is 148 Å². The number of hydrogen-bond donors (Lipinski definition) is 8. The predicted molar refractivity (Wildman–Crippen MR) is 481 cm³/mol. The molecular weight excluding hydrogens is 1630 g/mol. The number of nitriles is 4. The van der Waals surface area contributed by atoms with Gasteiger partial charge in [0, 0.05) is 53.7 Å². The number of guanidine groups is 4. The van der Waals surface area contributed by atoms with Crippen LogP contribution in [0.15, 0.2) is 142 Å². The van der Waals surface area contributed by atoms with Crippen molar-refractivity contribution in [2.75, 3.05) is 19.6 Å². The standard InChI is InChI=1S/C27H30N4O2.C26H29N5O2.C25H31FN4O2.C24H29FN4O2/c1-16-5-4-6-20(9-16)15-31-24(33)27(30-25(31)29)22-10-19(14-28)7-8-21(22)13-26(27)11-17(2)23(32)18(3)12-26;1-16-12-25(13-17(2)22(16)32)14-20-4-3-19(15-27)11-21(20)26(25)23(33)31(24(28)30-26)10-7-18-5-8-29-9-6-18;1-14-7-24(8-15(2)20(14)31)11-18-5-4-16(12-27)6-19(18)25(24)21(32)30(22(28)29-25)13-17-9-23(3,26)10-17;1-14-8-23(6-5-19(14)30)11-17-4-3-15(12-26)7-18(17)24(23)20(31)29(21(27)28-24)13-16-9-22(2,25)10-16/h4-10,17-18,23,32H,11-13,15H2,1-3H3,(H2,29,30);3-6,8-9,11,16-17,22,32H,7,10,12-14H2,1-2H3,(H2,28,30);4-6,14-15,17,20,31H,7-11,13H2,1-3H3,(H2,28,29);3-4,7,14,16,19,30H,5-6,8-11,13H2,1-2H3,(H2,27,28)/t17-,18+,23?,26?,27-;16-,17+,22?,25?,26-;14-,15+,17?,20?,23?,24?,25-;14-,16?,19-,22?,23-,24+/m1110/s1. The van der Waals surface area contributed by atoms with Gasteiger partial charge in [-0.25, -0.2) is 28.8 Å². The van der Waals surface area contributed by atoms with Gasteiger partial charge in [-0.3, -0.25) is 43.8 Å². The molecule has 0 saturated heterocycles. The molecule has 674 valence electrons. The number of aryl methyl sites for hydroxylation is 1. The van der Waals surface area contributed by atoms with Gasteiger partial charge in [0.25, 0.3) is 23.6 Å². The van der Waals surface area contributed by atoms with E-state index in [2.05, 4.69) is 49.2 Å². The molecule has 4 amide bonds. The first-order chi connectivity index (χ1) is 61.1. The molecule has 0 bridgehead atoms. The molecule has 4 aliphatic heterocycles. The summed E-state index contributed by atoms with van der Waals surface area (Å²) in [4.78, 5) is 87.0. The molecule has 10 aliphatic carbocycles. The van der Waals surface area contributed by atoms with Gasteiger partial charge in [-0.15, -0.1) is 0 Å². The Kier molecular flexibility index (Phi) is 22.5. The van der Waals surface area contributed by atoms with Gasteiger partial charge in [0.15, 0.2) is 46.0 Å². The van der Waals surface area contributed by atoms with Crippen molar-refractivity contribution < 1.29 is 48.4 Å². The summed E-state index contributed by atoms with van der Waals surface area (Å²) in [7, 11) is 0. The summed E-state index contributed by atoms with van der Waals surface area (Å²) in [6.07, 6.45) is 12.8. The third-order valence-electron chi connectivity index (χ3n) is 32.8. The molecule has 19 atom stereocenters. The predicted octanol–water partition coefficient (Wildman–Crippen LogP) is 11.7. The van der Waals surface area contributed by atoms with Crippen LogP contribution in [0.3, 0.4) is 0 Å². The van der Waals surface area contributed by atoms with Crippen molar-refractivity contribution in [2.45, 2.75) is 249 Å². The van der Waals surface area contributed by atoms with Crippen LogP contribution in [0, 0.1) is 127 Å². The number of carbonyl (C=O) groups is 4. The zero-order valence-electron chi connectivity index (χ0n) is 75.4. The molecule has 12 N–H and O–H groups in total. The van der Waals surface area contributed by atoms with Crippen LogP contribution in [0.25, 0.3) is 0 Å². The van der Waals surface area contributed by atoms with E-state index in [1.54, 1.807) is 70.1 Å². The summed E-state index contributed by atoms with van der Waals surface area (Å²) in [6, 6.07) is 42.9. The van der Waals surface area contributed by atoms with E-state index >= 15 is 0 Å². The fraction of sp³-hybridized carbons (Fsp3) is 0.539. The van der Waals surface area contributed by atoms with Crippen molar-refractivity contribution in [3.05, 3.63) is 205 Å². The first-order valence-corrected chi connectivity index (χ1v) is 46.0. The van der Waals surface area contributed by atoms with E-state index in [4.69, 9.17) is 42.9 Å². The number of aliphatic imine (C=N–C) groups is 4. The highest BCUT2D eigenvalue weighted by atomic mass is 19.1. The van der Waals surface area contributed by atoms with Crippen LogP contribution in [0.1, 0.15) is 229 Å². The van der Waals surface area contributed by atoms with Crippen molar-refractivity contribution in [2.24, 2.45) is 118 Å². The summed E-state index contributed by atoms with van der Waals surface area (Å²) in [5.41, 5.74) is 29.1. The Morgan fingerprint density at radius 3 is 1.07 bits per heavy atom. The Bertz CT molecular complexity index is 5830. The summed E-state index contributed by atoms with van der Waals surface area (Å²) in [5.74, 6) is 0.594. The Morgan fingerprint density at radius 2 is 0.729 bits per heavy atom. The Hall–Kier alpha value is -11.3. The Morgan fingerprint density at radius 1 is 0.411 bits per heavy atom. The largest absolute Gasteiger partial charge is 0.393 e. The number of hydrogen-bond acceptors (Lipinski definition) is 21. The van der Waals surface area contributed by atoms with E-state index in [1.807, 2.05) is 120 Å². The molecule has 6 fully saturated rings. The third-order valence-corrected chi connectivity index (χ3v) is 32.8. The smallest absolute Gasteiger partial charge is 0.262 e. The number of pyridine rings is 1. The van der Waals surface area contributed by atoms with E-state index in [0.29, 0.717) is 164 Å². The highest BCUT2D eigenvalue weighted by Crippen LogP contribution is 2.69. The number of nitrogens with zero attached hydrogens (tertiary/aromatic N) is 13. The number of amides is 4. The van der Waals surface area contributed by atoms with Crippen molar-refractivity contribution in [3.63, 3.8) is 0 Å². The number of rotatable bonds is 9. The summed E-state index contributed by atoms with van der Waals surface area (Å²) in [6.45, 7) is 21.0. The fourth-order valence-electron chi connectivity index (χ4n) is 27.4. The highest BCUT2D eigenvalue weighted by Gasteiger charge is 2.73. The maximum absolute atomic E-state index is 14.3. The van der Waals surface area contributed by atoms with Gasteiger partial charge < -0.3 is 43.4 Å². The van der Waals surface area contributed by atoms with Crippen molar-refractivity contribution in [1.82, 2.24) is 24.6 Å². The molecule has 25 nitrogen and oxygen atoms in total. The summed E-state index contributed by atoms with van der Waals surface area (Å²) >= 11 is 0. The van der Waals surface area contributed by atoms with E-state index in [0.717, 1.165) is 61.2 Å². The van der Waals surface area contributed by atoms with Crippen LogP contribution >= 0.6 is 0 Å². The second-order valence-electron chi connectivity index (χ2n) is 42.0. The van der Waals surface area contributed by atoms with Crippen LogP contribution in [0.5, 0.6) is 0 Å². The van der Waals surface area contributed by atoms with Gasteiger partial charge in [-0.05, 0) is 306 Å². The van der Waals surface area contributed by atoms with E-state index in [9.17, 15) is 69.4 Å². The highest BCUT2D eigenvalue weighted by molar-refractivity contribution is 6.11. The second kappa shape index (κ2) is 32.3. The molecule has 5 heterocycles. The zero-order valence-corrected chi connectivity index (χ0v) is 75.4. The first-order valence-electron chi connectivity index (χ1n) is 46.0. The van der Waals surface area contributed by atoms with Crippen LogP contribution in [-0.2, 0) is 80.0 Å². The minimum Gasteiger partial charge on any atom is -0.393 e. The lowest BCUT2D eigenvalue weighted by molar-refractivity contribution is -0.142. The number of carbonyl (C=O) groups excluding carboxylic acids is 4. The molecule has 0 radical (unpaired) electrons. The molecule has 6 aromatic rings. The van der Waals surface area contributed by atoms with Crippen molar-refractivity contribution >= 4 is 47.5 Å². The van der Waals surface area contributed by atoms with Gasteiger partial charge in [0.1, 0.15) is 11.3 Å². The Balaban J connectivity index is 0.000000121. The fourth-order valence-corrected chi connectivity index (χ4v) is 27.4. The number of halogens is 2. The van der Waals surface area contributed by atoms with Gasteiger partial charge in [-0.1, -0.05) is 103 Å². The molecule has 20 rings (SSSR count). The number of alkyl halides is 2. The monoisotopic (exact) mass is 1750 g/mol. The normalized spacial score (nSPS) is 37.3. The lowest BCUT2D eigenvalue weighted by atomic mass is 9.56. The lowest BCUT2D eigenvalue weighted by Gasteiger charge is -2.49. The molecule has 5 aromatic carbocycles. The Labute approximate surface area is 753 Å². The van der Waals surface area contributed by atoms with Crippen molar-refractivity contribution in [3.8, 4) is 24.3 Å². The maximum Gasteiger partial charge on any atom is 0.262 e. The van der Waals surface area contributed by atoms with Gasteiger partial charge >= 0.3 is 0 Å². The lowest BCUT2D eigenvalue weighted by Crippen LogP contribution is -2.56. The average molecular weight is 1750 g/mol. The molecule has 129 heavy (non-hydrogen) atoms. The number of aromatic nitrogens is 1. The number of aliphatic hydroxyl groups is 4. The zero-order chi connectivity index (χ0) is 92.2. The minimum atomic E-state index is -1.19. The molecule has 6 saturated carbocycles. The molecule has 14 aliphatic rings. The quantitative estimate of drug-likeness (QED) is 0.0666.